The van der Waals surface area contributed by atoms with E-state index >= 15 is 0 Å². The van der Waals surface area contributed by atoms with Gasteiger partial charge in [0.1, 0.15) is 11.8 Å². The summed E-state index contributed by atoms with van der Waals surface area (Å²) in [5.41, 5.74) is 1.50. The minimum atomic E-state index is -0.502. The lowest BCUT2D eigenvalue weighted by Gasteiger charge is -2.28. The molecular formula is C25H34N6O3S. The lowest BCUT2D eigenvalue weighted by Crippen LogP contribution is -2.31. The Balaban J connectivity index is 1.89. The van der Waals surface area contributed by atoms with E-state index in [0.29, 0.717) is 47.3 Å². The van der Waals surface area contributed by atoms with E-state index in [0.717, 1.165) is 12.1 Å². The topological polar surface area (TPSA) is 105 Å². The molecule has 1 atom stereocenters. The van der Waals surface area contributed by atoms with Crippen LogP contribution in [0.25, 0.3) is 0 Å². The first-order valence-electron chi connectivity index (χ1n) is 11.5. The summed E-state index contributed by atoms with van der Waals surface area (Å²) in [6.07, 6.45) is 1.86. The molecule has 2 N–H and O–H groups in total. The predicted octanol–water partition coefficient (Wildman–Crippen LogP) is 4.46. The summed E-state index contributed by atoms with van der Waals surface area (Å²) in [6.45, 7) is 12.0. The average molecular weight is 499 g/mol. The van der Waals surface area contributed by atoms with Crippen molar-refractivity contribution < 1.29 is 14.2 Å². The van der Waals surface area contributed by atoms with Crippen molar-refractivity contribution in [2.75, 3.05) is 37.5 Å². The molecule has 0 saturated heterocycles. The smallest absolute Gasteiger partial charge is 0.246 e. The van der Waals surface area contributed by atoms with E-state index in [4.69, 9.17) is 14.2 Å². The number of methoxy groups -OCH3 is 2. The molecule has 0 amide bonds. The van der Waals surface area contributed by atoms with Gasteiger partial charge in [0, 0.05) is 25.3 Å². The molecule has 0 aliphatic carbocycles. The van der Waals surface area contributed by atoms with Crippen LogP contribution in [-0.4, -0.2) is 48.9 Å². The van der Waals surface area contributed by atoms with Crippen molar-refractivity contribution in [2.24, 2.45) is 0 Å². The lowest BCUT2D eigenvalue weighted by atomic mass is 9.86. The molecule has 9 nitrogen and oxygen atoms in total. The van der Waals surface area contributed by atoms with Gasteiger partial charge in [-0.1, -0.05) is 52.4 Å². The van der Waals surface area contributed by atoms with E-state index < -0.39 is 5.56 Å². The van der Waals surface area contributed by atoms with Gasteiger partial charge in [-0.05, 0) is 28.5 Å². The van der Waals surface area contributed by atoms with Gasteiger partial charge in [-0.25, -0.2) is 0 Å². The van der Waals surface area contributed by atoms with E-state index in [1.54, 1.807) is 20.3 Å². The van der Waals surface area contributed by atoms with Crippen molar-refractivity contribution in [3.05, 3.63) is 40.9 Å². The zero-order valence-electron chi connectivity index (χ0n) is 21.4. The van der Waals surface area contributed by atoms with Crippen molar-refractivity contribution in [1.82, 2.24) is 15.3 Å². The minimum absolute atomic E-state index is 0.0827. The predicted molar refractivity (Wildman–Crippen MR) is 140 cm³/mol. The van der Waals surface area contributed by atoms with Gasteiger partial charge in [-0.15, -0.1) is 0 Å². The maximum Gasteiger partial charge on any atom is 0.246 e. The third kappa shape index (κ3) is 6.50. The number of anilines is 2. The van der Waals surface area contributed by atoms with Crippen LogP contribution in [0.3, 0.4) is 0 Å². The van der Waals surface area contributed by atoms with E-state index in [2.05, 4.69) is 61.3 Å². The van der Waals surface area contributed by atoms with Crippen molar-refractivity contribution in [1.29, 1.82) is 5.26 Å². The first-order valence-corrected chi connectivity index (χ1v) is 12.4. The highest BCUT2D eigenvalue weighted by atomic mass is 32.2. The Morgan fingerprint density at radius 3 is 2.40 bits per heavy atom. The Bertz CT molecular complexity index is 1070. The van der Waals surface area contributed by atoms with Crippen LogP contribution in [0.4, 0.5) is 11.6 Å². The van der Waals surface area contributed by atoms with Gasteiger partial charge in [-0.2, -0.15) is 15.2 Å². The monoisotopic (exact) mass is 498 g/mol. The molecule has 0 fully saturated rings. The normalized spacial score (nSPS) is 15.3. The Kier molecular flexibility index (Phi) is 8.70. The van der Waals surface area contributed by atoms with Crippen molar-refractivity contribution in [3.63, 3.8) is 0 Å². The van der Waals surface area contributed by atoms with Crippen LogP contribution in [0.1, 0.15) is 45.7 Å². The summed E-state index contributed by atoms with van der Waals surface area (Å²) in [5.74, 6) is 1.62. The molecule has 1 aromatic heterocycles. The minimum Gasteiger partial charge on any atom is -0.479 e. The second kappa shape index (κ2) is 11.5. The first kappa shape index (κ1) is 26.4. The van der Waals surface area contributed by atoms with Crippen LogP contribution in [0.2, 0.25) is 0 Å². The molecule has 1 aromatic carbocycles. The second-order valence-electron chi connectivity index (χ2n) is 9.28. The zero-order chi connectivity index (χ0) is 25.6. The Hall–Kier alpha value is -3.16. The largest absolute Gasteiger partial charge is 0.479 e. The molecule has 2 aromatic rings. The number of ether oxygens (including phenoxy) is 3. The third-order valence-corrected chi connectivity index (χ3v) is 6.10. The molecule has 2 heterocycles. The van der Waals surface area contributed by atoms with Gasteiger partial charge in [0.15, 0.2) is 5.69 Å². The SMILES string of the molecule is COc1nc(NCCNC(C)C)nc(OC)c1N1C=CSC1Oc1cc(C(C)(C)C)ccc1C#N. The summed E-state index contributed by atoms with van der Waals surface area (Å²) in [7, 11) is 3.11. The zero-order valence-corrected chi connectivity index (χ0v) is 22.2. The summed E-state index contributed by atoms with van der Waals surface area (Å²) in [4.78, 5) is 10.9. The van der Waals surface area contributed by atoms with Crippen LogP contribution in [0.5, 0.6) is 17.5 Å². The van der Waals surface area contributed by atoms with Crippen LogP contribution in [0.15, 0.2) is 29.8 Å². The van der Waals surface area contributed by atoms with Crippen molar-refractivity contribution in [2.45, 2.75) is 51.6 Å². The number of hydrogen-bond donors (Lipinski definition) is 2. The highest BCUT2D eigenvalue weighted by molar-refractivity contribution is 8.02. The third-order valence-electron chi connectivity index (χ3n) is 5.27. The molecule has 0 spiro atoms. The molecule has 1 aliphatic rings. The fourth-order valence-corrected chi connectivity index (χ4v) is 4.19. The molecule has 1 aliphatic heterocycles. The number of nitriles is 1. The molecule has 0 radical (unpaired) electrons. The van der Waals surface area contributed by atoms with Crippen molar-refractivity contribution >= 4 is 23.4 Å². The molecule has 0 saturated carbocycles. The lowest BCUT2D eigenvalue weighted by molar-refractivity contribution is 0.288. The molecule has 188 valence electrons. The maximum atomic E-state index is 9.65. The van der Waals surface area contributed by atoms with Gasteiger partial charge in [0.05, 0.1) is 19.8 Å². The second-order valence-corrected chi connectivity index (χ2v) is 10.2. The van der Waals surface area contributed by atoms with Gasteiger partial charge in [-0.3, -0.25) is 4.90 Å². The Morgan fingerprint density at radius 1 is 1.14 bits per heavy atom. The fraction of sp³-hybridized carbons (Fsp3) is 0.480. The number of benzene rings is 1. The van der Waals surface area contributed by atoms with Crippen LogP contribution in [-0.2, 0) is 5.41 Å². The molecular weight excluding hydrogens is 464 g/mol. The summed E-state index contributed by atoms with van der Waals surface area (Å²) in [6, 6.07) is 8.31. The van der Waals surface area contributed by atoms with Crippen LogP contribution in [0, 0.1) is 11.3 Å². The quantitative estimate of drug-likeness (QED) is 0.456. The molecule has 0 bridgehead atoms. The van der Waals surface area contributed by atoms with Gasteiger partial charge >= 0.3 is 0 Å². The van der Waals surface area contributed by atoms with Crippen LogP contribution >= 0.6 is 11.8 Å². The van der Waals surface area contributed by atoms with Crippen molar-refractivity contribution in [3.8, 4) is 23.6 Å². The van der Waals surface area contributed by atoms with E-state index in [1.807, 2.05) is 28.6 Å². The number of nitrogens with zero attached hydrogens (tertiary/aromatic N) is 4. The standard InChI is InChI=1S/C25H34N6O3S/c1-16(2)27-10-11-28-23-29-21(32-6)20(22(30-23)33-7)31-12-13-35-24(31)34-19-14-18(25(3,4)5)9-8-17(19)15-26/h8-9,12-14,16,24,27H,10-11H2,1-7H3,(H,28,29,30). The molecule has 1 unspecified atom stereocenters. The maximum absolute atomic E-state index is 9.65. The highest BCUT2D eigenvalue weighted by Gasteiger charge is 2.32. The number of aromatic nitrogens is 2. The Morgan fingerprint density at radius 2 is 1.83 bits per heavy atom. The van der Waals surface area contributed by atoms with E-state index in [-0.39, 0.29) is 5.41 Å². The molecule has 10 heteroatoms. The summed E-state index contributed by atoms with van der Waals surface area (Å²) >= 11 is 1.46. The highest BCUT2D eigenvalue weighted by Crippen LogP contribution is 2.43. The average Bonchev–Trinajstić information content (AvgIpc) is 3.27. The summed E-state index contributed by atoms with van der Waals surface area (Å²) < 4.78 is 17.6. The molecule has 35 heavy (non-hydrogen) atoms. The Labute approximate surface area is 211 Å². The van der Waals surface area contributed by atoms with E-state index in [9.17, 15) is 5.26 Å². The van der Waals surface area contributed by atoms with Crippen LogP contribution < -0.4 is 29.7 Å². The van der Waals surface area contributed by atoms with Gasteiger partial charge in [0.25, 0.3) is 0 Å². The number of rotatable bonds is 10. The van der Waals surface area contributed by atoms with Gasteiger partial charge < -0.3 is 24.8 Å². The number of thioether (sulfide) groups is 1. The summed E-state index contributed by atoms with van der Waals surface area (Å²) in [5, 5.41) is 18.1. The van der Waals surface area contributed by atoms with E-state index in [1.165, 1.54) is 11.8 Å². The van der Waals surface area contributed by atoms with Gasteiger partial charge in [0.2, 0.25) is 23.3 Å². The molecule has 3 rings (SSSR count). The fourth-order valence-electron chi connectivity index (χ4n) is 3.39. The first-order chi connectivity index (χ1) is 16.7. The number of hydrogen-bond acceptors (Lipinski definition) is 10. The number of nitrogens with one attached hydrogen (secondary N) is 2.